The van der Waals surface area contributed by atoms with Crippen LogP contribution in [0.2, 0.25) is 5.02 Å². The van der Waals surface area contributed by atoms with Crippen LogP contribution in [-0.4, -0.2) is 23.3 Å². The van der Waals surface area contributed by atoms with Crippen molar-refractivity contribution >= 4 is 35.8 Å². The third kappa shape index (κ3) is 3.81. The first-order valence-corrected chi connectivity index (χ1v) is 11.5. The second-order valence-electron chi connectivity index (χ2n) is 9.63. The Morgan fingerprint density at radius 1 is 0.906 bits per heavy atom. The smallest absolute Gasteiger partial charge is 0.399 e. The average Bonchev–Trinajstić information content (AvgIpc) is 2.89. The Kier molecular flexibility index (Phi) is 5.28. The normalized spacial score (nSPS) is 20.0. The molecule has 2 aliphatic rings. The molecule has 3 aromatic rings. The molecular weight excluding hydrogens is 417 g/mol. The molecule has 2 aromatic carbocycles. The molecule has 1 aromatic heterocycles. The Labute approximate surface area is 195 Å². The zero-order chi connectivity index (χ0) is 22.5. The summed E-state index contributed by atoms with van der Waals surface area (Å²) in [6.07, 6.45) is 5.98. The van der Waals surface area contributed by atoms with Gasteiger partial charge in [0, 0.05) is 16.8 Å². The largest absolute Gasteiger partial charge is 0.494 e. The number of fused-ring (bicyclic) bond motifs is 2. The van der Waals surface area contributed by atoms with Crippen LogP contribution in [-0.2, 0) is 22.2 Å². The van der Waals surface area contributed by atoms with Gasteiger partial charge in [0.2, 0.25) is 0 Å². The molecule has 5 rings (SSSR count). The Balaban J connectivity index is 1.60. The first-order valence-electron chi connectivity index (χ1n) is 11.1. The summed E-state index contributed by atoms with van der Waals surface area (Å²) in [6.45, 7) is 8.31. The maximum absolute atomic E-state index is 6.33. The van der Waals surface area contributed by atoms with Crippen LogP contribution in [0.4, 0.5) is 0 Å². The number of halogens is 1. The predicted molar refractivity (Wildman–Crippen MR) is 132 cm³/mol. The fourth-order valence-corrected chi connectivity index (χ4v) is 4.59. The second kappa shape index (κ2) is 7.88. The molecule has 0 N–H and O–H groups in total. The minimum Gasteiger partial charge on any atom is -0.399 e. The van der Waals surface area contributed by atoms with E-state index in [1.165, 1.54) is 16.7 Å². The lowest BCUT2D eigenvalue weighted by Gasteiger charge is -2.32. The van der Waals surface area contributed by atoms with Crippen molar-refractivity contribution < 1.29 is 9.31 Å². The summed E-state index contributed by atoms with van der Waals surface area (Å²) >= 11 is 6.33. The van der Waals surface area contributed by atoms with Crippen LogP contribution in [0.15, 0.2) is 60.8 Å². The van der Waals surface area contributed by atoms with Gasteiger partial charge in [-0.1, -0.05) is 48.0 Å². The van der Waals surface area contributed by atoms with Crippen LogP contribution in [0.25, 0.3) is 11.6 Å². The van der Waals surface area contributed by atoms with E-state index < -0.39 is 0 Å². The molecule has 0 spiro atoms. The number of hydrogen-bond donors (Lipinski definition) is 0. The van der Waals surface area contributed by atoms with Crippen molar-refractivity contribution in [3.63, 3.8) is 0 Å². The number of pyridine rings is 1. The molecule has 32 heavy (non-hydrogen) atoms. The number of aryl methyl sites for hydroxylation is 2. The molecule has 2 heterocycles. The second-order valence-corrected chi connectivity index (χ2v) is 10.1. The van der Waals surface area contributed by atoms with Crippen molar-refractivity contribution in [2.45, 2.75) is 51.7 Å². The maximum Gasteiger partial charge on any atom is 0.494 e. The third-order valence-electron chi connectivity index (χ3n) is 6.91. The fourth-order valence-electron chi connectivity index (χ4n) is 4.40. The first-order chi connectivity index (χ1) is 15.2. The molecule has 0 bridgehead atoms. The molecule has 162 valence electrons. The predicted octanol–water partition coefficient (Wildman–Crippen LogP) is 5.72. The number of nitrogens with zero attached hydrogens (tertiary/aromatic N) is 1. The van der Waals surface area contributed by atoms with E-state index in [1.54, 1.807) is 0 Å². The quantitative estimate of drug-likeness (QED) is 0.475. The van der Waals surface area contributed by atoms with Gasteiger partial charge >= 0.3 is 7.12 Å². The highest BCUT2D eigenvalue weighted by molar-refractivity contribution is 6.62. The van der Waals surface area contributed by atoms with Gasteiger partial charge in [-0.15, -0.1) is 0 Å². The van der Waals surface area contributed by atoms with Crippen LogP contribution >= 0.6 is 11.6 Å². The lowest BCUT2D eigenvalue weighted by Crippen LogP contribution is -2.41. The molecule has 0 unspecified atom stereocenters. The highest BCUT2D eigenvalue weighted by Crippen LogP contribution is 2.37. The fraction of sp³-hybridized carbons (Fsp3) is 0.296. The van der Waals surface area contributed by atoms with E-state index in [0.717, 1.165) is 40.2 Å². The van der Waals surface area contributed by atoms with Crippen molar-refractivity contribution in [1.82, 2.24) is 4.98 Å². The van der Waals surface area contributed by atoms with E-state index in [1.807, 2.05) is 18.3 Å². The van der Waals surface area contributed by atoms with Crippen molar-refractivity contribution in [3.8, 4) is 0 Å². The SMILES string of the molecule is CC1(C)OB(c2cccc(C=C3c4ccc(Cl)cc4CCc4cccnc43)c2)OC1(C)C. The summed E-state index contributed by atoms with van der Waals surface area (Å²) in [4.78, 5) is 4.77. The molecule has 1 aliphatic carbocycles. The molecule has 0 amide bonds. The summed E-state index contributed by atoms with van der Waals surface area (Å²) in [5.74, 6) is 0. The lowest BCUT2D eigenvalue weighted by atomic mass is 9.78. The summed E-state index contributed by atoms with van der Waals surface area (Å²) in [5.41, 5.74) is 7.23. The van der Waals surface area contributed by atoms with Crippen LogP contribution in [0.1, 0.15) is 55.6 Å². The van der Waals surface area contributed by atoms with Gasteiger partial charge in [0.25, 0.3) is 0 Å². The molecular formula is C27H27BClNO2. The number of aromatic nitrogens is 1. The van der Waals surface area contributed by atoms with E-state index >= 15 is 0 Å². The molecule has 1 fully saturated rings. The zero-order valence-corrected chi connectivity index (χ0v) is 19.7. The molecule has 1 aliphatic heterocycles. The Hall–Kier alpha value is -2.40. The highest BCUT2D eigenvalue weighted by atomic mass is 35.5. The van der Waals surface area contributed by atoms with Crippen molar-refractivity contribution in [3.05, 3.63) is 93.8 Å². The van der Waals surface area contributed by atoms with E-state index in [2.05, 4.69) is 76.2 Å². The van der Waals surface area contributed by atoms with Crippen LogP contribution < -0.4 is 5.46 Å². The Bertz CT molecular complexity index is 1200. The molecule has 5 heteroatoms. The maximum atomic E-state index is 6.33. The van der Waals surface area contributed by atoms with Crippen LogP contribution in [0, 0.1) is 0 Å². The minimum absolute atomic E-state index is 0.367. The highest BCUT2D eigenvalue weighted by Gasteiger charge is 2.51. The van der Waals surface area contributed by atoms with Gasteiger partial charge < -0.3 is 9.31 Å². The summed E-state index contributed by atoms with van der Waals surface area (Å²) in [7, 11) is -0.385. The van der Waals surface area contributed by atoms with E-state index in [0.29, 0.717) is 0 Å². The molecule has 0 atom stereocenters. The summed E-state index contributed by atoms with van der Waals surface area (Å²) in [5, 5.41) is 0.768. The third-order valence-corrected chi connectivity index (χ3v) is 7.15. The van der Waals surface area contributed by atoms with Gasteiger partial charge in [-0.05, 0) is 92.5 Å². The first kappa shape index (κ1) is 21.5. The number of hydrogen-bond acceptors (Lipinski definition) is 3. The zero-order valence-electron chi connectivity index (χ0n) is 19.0. The Morgan fingerprint density at radius 3 is 2.44 bits per heavy atom. The number of rotatable bonds is 2. The summed E-state index contributed by atoms with van der Waals surface area (Å²) in [6, 6.07) is 18.7. The monoisotopic (exact) mass is 443 g/mol. The molecule has 0 saturated carbocycles. The van der Waals surface area contributed by atoms with E-state index in [4.69, 9.17) is 25.9 Å². The summed E-state index contributed by atoms with van der Waals surface area (Å²) < 4.78 is 12.5. The molecule has 3 nitrogen and oxygen atoms in total. The van der Waals surface area contributed by atoms with Crippen molar-refractivity contribution in [2.24, 2.45) is 0 Å². The standard InChI is InChI=1S/C27H27BClNO2/c1-26(2)27(3,4)32-28(31-26)21-9-5-7-18(15-21)16-24-23-13-12-22(29)17-20(23)11-10-19-8-6-14-30-25(19)24/h5-9,12-17H,10-11H2,1-4H3. The van der Waals surface area contributed by atoms with E-state index in [-0.39, 0.29) is 18.3 Å². The number of benzene rings is 2. The lowest BCUT2D eigenvalue weighted by molar-refractivity contribution is 0.00578. The van der Waals surface area contributed by atoms with Crippen molar-refractivity contribution in [2.75, 3.05) is 0 Å². The van der Waals surface area contributed by atoms with E-state index in [9.17, 15) is 0 Å². The molecule has 0 radical (unpaired) electrons. The van der Waals surface area contributed by atoms with Gasteiger partial charge in [0.1, 0.15) is 0 Å². The van der Waals surface area contributed by atoms with Gasteiger partial charge in [-0.25, -0.2) is 0 Å². The van der Waals surface area contributed by atoms with Crippen molar-refractivity contribution in [1.29, 1.82) is 0 Å². The molecule has 1 saturated heterocycles. The Morgan fingerprint density at radius 2 is 1.66 bits per heavy atom. The minimum atomic E-state index is -0.385. The topological polar surface area (TPSA) is 31.4 Å². The average molecular weight is 444 g/mol. The van der Waals surface area contributed by atoms with Gasteiger partial charge in [0.05, 0.1) is 16.9 Å². The van der Waals surface area contributed by atoms with Gasteiger partial charge in [-0.2, -0.15) is 0 Å². The van der Waals surface area contributed by atoms with Crippen LogP contribution in [0.3, 0.4) is 0 Å². The van der Waals surface area contributed by atoms with Crippen LogP contribution in [0.5, 0.6) is 0 Å². The van der Waals surface area contributed by atoms with Gasteiger partial charge in [0.15, 0.2) is 0 Å². The van der Waals surface area contributed by atoms with Gasteiger partial charge in [-0.3, -0.25) is 4.98 Å².